The molecular weight excluding hydrogens is 380 g/mol. The lowest BCUT2D eigenvalue weighted by Crippen LogP contribution is -2.28. The maximum absolute atomic E-state index is 12.7. The number of nitrogens with one attached hydrogen (secondary N) is 1. The van der Waals surface area contributed by atoms with Crippen LogP contribution in [0.25, 0.3) is 0 Å². The third-order valence-electron chi connectivity index (χ3n) is 4.62. The smallest absolute Gasteiger partial charge is 0.229 e. The van der Waals surface area contributed by atoms with Crippen LogP contribution in [0, 0.1) is 12.8 Å². The van der Waals surface area contributed by atoms with Crippen LogP contribution in [0.3, 0.4) is 0 Å². The quantitative estimate of drug-likeness (QED) is 0.830. The molecule has 130 valence electrons. The number of rotatable bonds is 4. The highest BCUT2D eigenvalue weighted by molar-refractivity contribution is 9.10. The molecule has 0 radical (unpaired) electrons. The number of aryl methyl sites for hydroxylation is 2. The van der Waals surface area contributed by atoms with E-state index in [0.29, 0.717) is 6.54 Å². The molecule has 1 fully saturated rings. The first-order chi connectivity index (χ1) is 12.0. The highest BCUT2D eigenvalue weighted by atomic mass is 79.9. The predicted octanol–water partition coefficient (Wildman–Crippen LogP) is 4.31. The average Bonchev–Trinajstić information content (AvgIpc) is 2.99. The normalized spacial score (nSPS) is 17.0. The molecule has 2 amide bonds. The third kappa shape index (κ3) is 3.76. The molecule has 2 aromatic rings. The molecule has 25 heavy (non-hydrogen) atoms. The Morgan fingerprint density at radius 2 is 1.96 bits per heavy atom. The number of halogens is 1. The third-order valence-corrected chi connectivity index (χ3v) is 5.15. The summed E-state index contributed by atoms with van der Waals surface area (Å²) in [5.74, 6) is -0.430. The molecule has 2 aromatic carbocycles. The Balaban J connectivity index is 1.74. The topological polar surface area (TPSA) is 49.4 Å². The summed E-state index contributed by atoms with van der Waals surface area (Å²) in [6.07, 6.45) is 1.10. The van der Waals surface area contributed by atoms with Gasteiger partial charge in [0, 0.05) is 28.8 Å². The van der Waals surface area contributed by atoms with Gasteiger partial charge < -0.3 is 10.2 Å². The summed E-state index contributed by atoms with van der Waals surface area (Å²) >= 11 is 3.39. The molecular formula is C20H21BrN2O2. The van der Waals surface area contributed by atoms with E-state index in [1.165, 1.54) is 0 Å². The van der Waals surface area contributed by atoms with Crippen molar-refractivity contribution >= 4 is 39.1 Å². The van der Waals surface area contributed by atoms with Gasteiger partial charge in [-0.25, -0.2) is 0 Å². The summed E-state index contributed by atoms with van der Waals surface area (Å²) in [7, 11) is 0. The van der Waals surface area contributed by atoms with Crippen molar-refractivity contribution in [3.05, 3.63) is 58.1 Å². The fourth-order valence-electron chi connectivity index (χ4n) is 3.18. The molecule has 0 bridgehead atoms. The van der Waals surface area contributed by atoms with E-state index in [0.717, 1.165) is 33.4 Å². The maximum atomic E-state index is 12.7. The fraction of sp³-hybridized carbons (Fsp3) is 0.300. The van der Waals surface area contributed by atoms with Crippen molar-refractivity contribution in [3.63, 3.8) is 0 Å². The minimum Gasteiger partial charge on any atom is -0.325 e. The molecule has 1 saturated heterocycles. The molecule has 0 saturated carbocycles. The zero-order valence-electron chi connectivity index (χ0n) is 14.4. The lowest BCUT2D eigenvalue weighted by Gasteiger charge is -2.18. The van der Waals surface area contributed by atoms with E-state index in [1.54, 1.807) is 4.90 Å². The van der Waals surface area contributed by atoms with Crippen LogP contribution in [0.2, 0.25) is 0 Å². The molecule has 1 heterocycles. The number of nitrogens with zero attached hydrogens (tertiary/aromatic N) is 1. The van der Waals surface area contributed by atoms with Crippen LogP contribution >= 0.6 is 15.9 Å². The zero-order chi connectivity index (χ0) is 18.0. The Morgan fingerprint density at radius 1 is 1.24 bits per heavy atom. The Hall–Kier alpha value is -2.14. The van der Waals surface area contributed by atoms with E-state index < -0.39 is 0 Å². The molecule has 0 aromatic heterocycles. The van der Waals surface area contributed by atoms with Gasteiger partial charge in [0.05, 0.1) is 5.92 Å². The van der Waals surface area contributed by atoms with Gasteiger partial charge in [0.15, 0.2) is 0 Å². The summed E-state index contributed by atoms with van der Waals surface area (Å²) in [6.45, 7) is 4.47. The van der Waals surface area contributed by atoms with Crippen LogP contribution in [-0.2, 0) is 16.0 Å². The number of carbonyl (C=O) groups is 2. The second-order valence-corrected chi connectivity index (χ2v) is 7.25. The SMILES string of the molecule is CCc1cccc(C)c1NC(=O)[C@H]1CC(=O)N(c2ccc(Br)cc2)C1. The number of benzene rings is 2. The van der Waals surface area contributed by atoms with Crippen LogP contribution in [0.1, 0.15) is 24.5 Å². The summed E-state index contributed by atoms with van der Waals surface area (Å²) < 4.78 is 0.962. The lowest BCUT2D eigenvalue weighted by molar-refractivity contribution is -0.122. The van der Waals surface area contributed by atoms with Gasteiger partial charge in [-0.1, -0.05) is 41.1 Å². The Bertz CT molecular complexity index is 802. The Kier molecular flexibility index (Phi) is 5.23. The Morgan fingerprint density at radius 3 is 2.64 bits per heavy atom. The van der Waals surface area contributed by atoms with Gasteiger partial charge in [-0.3, -0.25) is 9.59 Å². The number of hydrogen-bond donors (Lipinski definition) is 1. The zero-order valence-corrected chi connectivity index (χ0v) is 16.0. The molecule has 3 rings (SSSR count). The summed E-state index contributed by atoms with van der Waals surface area (Å²) in [4.78, 5) is 26.8. The first-order valence-electron chi connectivity index (χ1n) is 8.45. The van der Waals surface area contributed by atoms with Crippen LogP contribution in [0.15, 0.2) is 46.9 Å². The maximum Gasteiger partial charge on any atom is 0.229 e. The van der Waals surface area contributed by atoms with Gasteiger partial charge in [-0.2, -0.15) is 0 Å². The van der Waals surface area contributed by atoms with Crippen LogP contribution < -0.4 is 10.2 Å². The van der Waals surface area contributed by atoms with Crippen LogP contribution in [0.5, 0.6) is 0 Å². The fourth-order valence-corrected chi connectivity index (χ4v) is 3.45. The van der Waals surface area contributed by atoms with Gasteiger partial charge in [-0.05, 0) is 48.7 Å². The minimum absolute atomic E-state index is 0.0111. The Labute approximate surface area is 156 Å². The number of hydrogen-bond acceptors (Lipinski definition) is 2. The molecule has 1 aliphatic heterocycles. The number of para-hydroxylation sites is 1. The van der Waals surface area contributed by atoms with Gasteiger partial charge in [0.25, 0.3) is 0 Å². The van der Waals surface area contributed by atoms with Crippen molar-refractivity contribution in [2.24, 2.45) is 5.92 Å². The molecule has 1 aliphatic rings. The monoisotopic (exact) mass is 400 g/mol. The summed E-state index contributed by atoms with van der Waals surface area (Å²) in [6, 6.07) is 13.6. The number of anilines is 2. The molecule has 5 heteroatoms. The van der Waals surface area contributed by atoms with E-state index in [9.17, 15) is 9.59 Å². The van der Waals surface area contributed by atoms with Gasteiger partial charge in [-0.15, -0.1) is 0 Å². The van der Waals surface area contributed by atoms with E-state index in [1.807, 2.05) is 49.4 Å². The minimum atomic E-state index is -0.333. The number of amides is 2. The molecule has 0 aliphatic carbocycles. The van der Waals surface area contributed by atoms with Crippen LogP contribution in [-0.4, -0.2) is 18.4 Å². The first-order valence-corrected chi connectivity index (χ1v) is 9.24. The highest BCUT2D eigenvalue weighted by Gasteiger charge is 2.35. The van der Waals surface area contributed by atoms with Gasteiger partial charge >= 0.3 is 0 Å². The van der Waals surface area contributed by atoms with Crippen LogP contribution in [0.4, 0.5) is 11.4 Å². The molecule has 1 N–H and O–H groups in total. The molecule has 0 spiro atoms. The second kappa shape index (κ2) is 7.40. The first kappa shape index (κ1) is 17.7. The standard InChI is InChI=1S/C20H21BrN2O2/c1-3-14-6-4-5-13(2)19(14)22-20(25)15-11-18(24)23(12-15)17-9-7-16(21)8-10-17/h4-10,15H,3,11-12H2,1-2H3,(H,22,25)/t15-/m0/s1. The van der Waals surface area contributed by atoms with Crippen molar-refractivity contribution in [2.75, 3.05) is 16.8 Å². The summed E-state index contributed by atoms with van der Waals surface area (Å²) in [5.41, 5.74) is 3.86. The lowest BCUT2D eigenvalue weighted by atomic mass is 10.0. The van der Waals surface area contributed by atoms with Gasteiger partial charge in [0.2, 0.25) is 11.8 Å². The molecule has 1 atom stereocenters. The van der Waals surface area contributed by atoms with Crippen molar-refractivity contribution in [1.29, 1.82) is 0 Å². The van der Waals surface area contributed by atoms with E-state index in [-0.39, 0.29) is 24.2 Å². The summed E-state index contributed by atoms with van der Waals surface area (Å²) in [5, 5.41) is 3.05. The second-order valence-electron chi connectivity index (χ2n) is 6.33. The van der Waals surface area contributed by atoms with Crippen molar-refractivity contribution in [3.8, 4) is 0 Å². The molecule has 0 unspecified atom stereocenters. The van der Waals surface area contributed by atoms with E-state index >= 15 is 0 Å². The van der Waals surface area contributed by atoms with Crippen molar-refractivity contribution < 1.29 is 9.59 Å². The van der Waals surface area contributed by atoms with E-state index in [4.69, 9.17) is 0 Å². The van der Waals surface area contributed by atoms with Gasteiger partial charge in [0.1, 0.15) is 0 Å². The predicted molar refractivity (Wildman–Crippen MR) is 104 cm³/mol. The average molecular weight is 401 g/mol. The molecule has 4 nitrogen and oxygen atoms in total. The van der Waals surface area contributed by atoms with E-state index in [2.05, 4.69) is 28.2 Å². The largest absolute Gasteiger partial charge is 0.325 e. The highest BCUT2D eigenvalue weighted by Crippen LogP contribution is 2.28. The number of carbonyl (C=O) groups excluding carboxylic acids is 2. The van der Waals surface area contributed by atoms with Crippen molar-refractivity contribution in [2.45, 2.75) is 26.7 Å². The van der Waals surface area contributed by atoms with Crippen molar-refractivity contribution in [1.82, 2.24) is 0 Å².